The van der Waals surface area contributed by atoms with Crippen LogP contribution in [-0.2, 0) is 11.2 Å². The molecule has 0 saturated heterocycles. The molecule has 28 heavy (non-hydrogen) atoms. The summed E-state index contributed by atoms with van der Waals surface area (Å²) in [6.07, 6.45) is 2.92. The molecule has 5 nitrogen and oxygen atoms in total. The monoisotopic (exact) mass is 385 g/mol. The first-order valence-electron chi connectivity index (χ1n) is 8.46. The van der Waals surface area contributed by atoms with Crippen molar-refractivity contribution in [2.75, 3.05) is 5.32 Å². The Labute approximate surface area is 157 Å². The van der Waals surface area contributed by atoms with Crippen LogP contribution in [0.25, 0.3) is 22.2 Å². The summed E-state index contributed by atoms with van der Waals surface area (Å²) in [4.78, 5) is 15.1. The zero-order valence-corrected chi connectivity index (χ0v) is 14.4. The van der Waals surface area contributed by atoms with Crippen molar-refractivity contribution in [3.05, 3.63) is 71.9 Å². The Morgan fingerprint density at radius 3 is 2.61 bits per heavy atom. The first kappa shape index (κ1) is 17.8. The number of carbonyl (C=O) groups excluding carboxylic acids is 1. The summed E-state index contributed by atoms with van der Waals surface area (Å²) >= 11 is 0. The maximum Gasteiger partial charge on any atom is 0.224 e. The van der Waals surface area contributed by atoms with Crippen molar-refractivity contribution in [3.8, 4) is 11.3 Å². The molecule has 2 aromatic carbocycles. The molecule has 2 N–H and O–H groups in total. The maximum absolute atomic E-state index is 14.2. The summed E-state index contributed by atoms with van der Waals surface area (Å²) in [5.74, 6) is -2.17. The number of amides is 1. The van der Waals surface area contributed by atoms with E-state index in [4.69, 9.17) is 0 Å². The van der Waals surface area contributed by atoms with Gasteiger partial charge in [-0.15, -0.1) is 0 Å². The second kappa shape index (κ2) is 7.22. The highest BCUT2D eigenvalue weighted by Crippen LogP contribution is 2.33. The highest BCUT2D eigenvalue weighted by atomic mass is 19.1. The van der Waals surface area contributed by atoms with E-state index in [-0.39, 0.29) is 24.3 Å². The minimum absolute atomic E-state index is 0.0600. The van der Waals surface area contributed by atoms with E-state index < -0.39 is 17.5 Å². The van der Waals surface area contributed by atoms with Gasteiger partial charge in [-0.05, 0) is 47.9 Å². The van der Waals surface area contributed by atoms with Gasteiger partial charge in [-0.2, -0.15) is 0 Å². The van der Waals surface area contributed by atoms with Gasteiger partial charge in [0.15, 0.2) is 0 Å². The van der Waals surface area contributed by atoms with Crippen molar-refractivity contribution in [1.82, 2.24) is 10.1 Å². The topological polar surface area (TPSA) is 70.9 Å². The minimum Gasteiger partial charge on any atom is -0.363 e. The van der Waals surface area contributed by atoms with Crippen LogP contribution in [0, 0.1) is 17.5 Å². The van der Waals surface area contributed by atoms with Crippen LogP contribution in [0.4, 0.5) is 18.9 Å². The third kappa shape index (κ3) is 3.48. The molecule has 4 rings (SSSR count). The molecule has 4 aromatic rings. The van der Waals surface area contributed by atoms with Crippen molar-refractivity contribution < 1.29 is 22.5 Å². The van der Waals surface area contributed by atoms with Crippen LogP contribution >= 0.6 is 0 Å². The van der Waals surface area contributed by atoms with Crippen LogP contribution in [-0.4, -0.2) is 16.0 Å². The Morgan fingerprint density at radius 1 is 1.11 bits per heavy atom. The minimum atomic E-state index is -0.737. The van der Waals surface area contributed by atoms with E-state index in [9.17, 15) is 18.0 Å². The fourth-order valence-electron chi connectivity index (χ4n) is 3.12. The summed E-state index contributed by atoms with van der Waals surface area (Å²) in [7, 11) is 0. The second-order valence-electron chi connectivity index (χ2n) is 6.26. The molecule has 0 aliphatic heterocycles. The highest BCUT2D eigenvalue weighted by molar-refractivity contribution is 5.94. The van der Waals surface area contributed by atoms with Crippen LogP contribution in [0.3, 0.4) is 0 Å². The van der Waals surface area contributed by atoms with Crippen LogP contribution < -0.4 is 5.32 Å². The van der Waals surface area contributed by atoms with Gasteiger partial charge in [-0.25, -0.2) is 13.2 Å². The van der Waals surface area contributed by atoms with Gasteiger partial charge in [-0.3, -0.25) is 4.79 Å². The average molecular weight is 385 g/mol. The molecule has 0 unspecified atom stereocenters. The van der Waals surface area contributed by atoms with Crippen LogP contribution in [0.1, 0.15) is 12.0 Å². The Bertz CT molecular complexity index is 1140. The van der Waals surface area contributed by atoms with E-state index in [1.54, 1.807) is 0 Å². The van der Waals surface area contributed by atoms with Gasteiger partial charge in [0.1, 0.15) is 29.4 Å². The Balaban J connectivity index is 1.70. The number of benzene rings is 2. The molecule has 1 amide bonds. The third-order valence-corrected chi connectivity index (χ3v) is 4.38. The van der Waals surface area contributed by atoms with E-state index >= 15 is 0 Å². The molecule has 0 aliphatic carbocycles. The third-order valence-electron chi connectivity index (χ3n) is 4.38. The molecule has 0 atom stereocenters. The number of fused-ring (bicyclic) bond motifs is 1. The molecular formula is C20H14F3N3O2. The predicted molar refractivity (Wildman–Crippen MR) is 97.1 cm³/mol. The number of hydrogen-bond acceptors (Lipinski definition) is 3. The number of H-pyrrole nitrogens is 1. The number of aromatic nitrogens is 2. The number of anilines is 1. The maximum atomic E-state index is 14.2. The molecule has 0 aliphatic rings. The molecular weight excluding hydrogens is 371 g/mol. The predicted octanol–water partition coefficient (Wildman–Crippen LogP) is 4.81. The lowest BCUT2D eigenvalue weighted by molar-refractivity contribution is -0.116. The fraction of sp³-hybridized carbons (Fsp3) is 0.100. The van der Waals surface area contributed by atoms with Crippen molar-refractivity contribution in [1.29, 1.82) is 0 Å². The molecule has 2 heterocycles. The molecule has 0 radical (unpaired) electrons. The number of nitrogens with one attached hydrogen (secondary N) is 2. The van der Waals surface area contributed by atoms with Gasteiger partial charge in [0.25, 0.3) is 0 Å². The number of aromatic amines is 1. The largest absolute Gasteiger partial charge is 0.363 e. The second-order valence-corrected chi connectivity index (χ2v) is 6.26. The number of halogens is 3. The van der Waals surface area contributed by atoms with Gasteiger partial charge < -0.3 is 14.8 Å². The normalized spacial score (nSPS) is 11.1. The average Bonchev–Trinajstić information content (AvgIpc) is 3.28. The zero-order valence-electron chi connectivity index (χ0n) is 14.4. The molecule has 0 saturated carbocycles. The lowest BCUT2D eigenvalue weighted by Gasteiger charge is -2.06. The Morgan fingerprint density at radius 2 is 1.89 bits per heavy atom. The standard InChI is InChI=1S/C20H14F3N3O2/c21-12-3-1-11(2-4-12)19-15(5-6-18(27)25-14-9-24-28-10-14)16-7-13(22)8-17(23)20(16)26-19/h1-4,7-10,26H,5-6H2,(H,25,27). The number of nitrogens with zero attached hydrogens (tertiary/aromatic N) is 1. The SMILES string of the molecule is O=C(CCc1c(-c2ccc(F)cc2)[nH]c2c(F)cc(F)cc12)Nc1cnoc1. The number of aryl methyl sites for hydroxylation is 1. The van der Waals surface area contributed by atoms with E-state index in [1.807, 2.05) is 0 Å². The summed E-state index contributed by atoms with van der Waals surface area (Å²) in [5.41, 5.74) is 2.24. The number of rotatable bonds is 5. The molecule has 0 bridgehead atoms. The smallest absolute Gasteiger partial charge is 0.224 e. The summed E-state index contributed by atoms with van der Waals surface area (Å²) < 4.78 is 46.0. The lowest BCUT2D eigenvalue weighted by Crippen LogP contribution is -2.11. The summed E-state index contributed by atoms with van der Waals surface area (Å²) in [6, 6.07) is 7.63. The number of carbonyl (C=O) groups is 1. The van der Waals surface area contributed by atoms with Gasteiger partial charge in [0.2, 0.25) is 5.91 Å². The van der Waals surface area contributed by atoms with Crippen LogP contribution in [0.5, 0.6) is 0 Å². The van der Waals surface area contributed by atoms with Crippen molar-refractivity contribution >= 4 is 22.5 Å². The molecule has 142 valence electrons. The quantitative estimate of drug-likeness (QED) is 0.518. The molecule has 0 spiro atoms. The number of hydrogen-bond donors (Lipinski definition) is 2. The van der Waals surface area contributed by atoms with Crippen LogP contribution in [0.15, 0.2) is 53.4 Å². The van der Waals surface area contributed by atoms with E-state index in [1.165, 1.54) is 42.8 Å². The van der Waals surface area contributed by atoms with Crippen molar-refractivity contribution in [2.45, 2.75) is 12.8 Å². The van der Waals surface area contributed by atoms with E-state index in [0.29, 0.717) is 27.9 Å². The van der Waals surface area contributed by atoms with Crippen molar-refractivity contribution in [3.63, 3.8) is 0 Å². The summed E-state index contributed by atoms with van der Waals surface area (Å²) in [5, 5.41) is 6.46. The first-order chi connectivity index (χ1) is 13.5. The van der Waals surface area contributed by atoms with Crippen LogP contribution in [0.2, 0.25) is 0 Å². The van der Waals surface area contributed by atoms with Crippen molar-refractivity contribution in [2.24, 2.45) is 0 Å². The van der Waals surface area contributed by atoms with Gasteiger partial charge in [0, 0.05) is 23.6 Å². The summed E-state index contributed by atoms with van der Waals surface area (Å²) in [6.45, 7) is 0. The highest BCUT2D eigenvalue weighted by Gasteiger charge is 2.18. The first-order valence-corrected chi connectivity index (χ1v) is 8.46. The van der Waals surface area contributed by atoms with Gasteiger partial charge in [-0.1, -0.05) is 5.16 Å². The molecule has 8 heteroatoms. The molecule has 0 fully saturated rings. The van der Waals surface area contributed by atoms with E-state index in [0.717, 1.165) is 6.07 Å². The van der Waals surface area contributed by atoms with Gasteiger partial charge >= 0.3 is 0 Å². The van der Waals surface area contributed by atoms with Gasteiger partial charge in [0.05, 0.1) is 11.7 Å². The molecule has 2 aromatic heterocycles. The lowest BCUT2D eigenvalue weighted by atomic mass is 10.0. The Hall–Kier alpha value is -3.55. The zero-order chi connectivity index (χ0) is 19.7. The Kier molecular flexibility index (Phi) is 4.60. The fourth-order valence-corrected chi connectivity index (χ4v) is 3.12. The van der Waals surface area contributed by atoms with E-state index in [2.05, 4.69) is 20.0 Å².